The van der Waals surface area contributed by atoms with Crippen LogP contribution in [-0.4, -0.2) is 55.5 Å². The molecular weight excluding hydrogens is 238 g/mol. The first kappa shape index (κ1) is 13.0. The van der Waals surface area contributed by atoms with Crippen LogP contribution in [0.2, 0.25) is 0 Å². The lowest BCUT2D eigenvalue weighted by Gasteiger charge is -2.37. The molecule has 0 aromatic heterocycles. The van der Waals surface area contributed by atoms with Gasteiger partial charge in [0, 0.05) is 19.0 Å². The predicted octanol–water partition coefficient (Wildman–Crippen LogP) is 1.81. The van der Waals surface area contributed by atoms with E-state index in [1.165, 1.54) is 0 Å². The van der Waals surface area contributed by atoms with Crippen molar-refractivity contribution in [2.45, 2.75) is 0 Å². The van der Waals surface area contributed by atoms with Crippen LogP contribution in [0.15, 0.2) is 0 Å². The highest BCUT2D eigenvalue weighted by molar-refractivity contribution is 8.66. The average Bonchev–Trinajstić information content (AvgIpc) is 2.16. The first-order chi connectivity index (χ1) is 6.64. The molecule has 0 saturated carbocycles. The Balaban J connectivity index is 2.25. The van der Waals surface area contributed by atoms with E-state index in [4.69, 9.17) is 8.92 Å². The van der Waals surface area contributed by atoms with Crippen molar-refractivity contribution >= 4 is 32.8 Å². The van der Waals surface area contributed by atoms with Gasteiger partial charge in [-0.25, -0.2) is 10.0 Å². The van der Waals surface area contributed by atoms with Crippen molar-refractivity contribution < 1.29 is 8.92 Å². The molecule has 0 unspecified atom stereocenters. The highest BCUT2D eigenvalue weighted by atomic mass is 33.1. The summed E-state index contributed by atoms with van der Waals surface area (Å²) >= 11 is 5.14. The fourth-order valence-electron chi connectivity index (χ4n) is 1.41. The van der Waals surface area contributed by atoms with Gasteiger partial charge in [-0.3, -0.25) is 9.08 Å². The van der Waals surface area contributed by atoms with Crippen LogP contribution in [0.4, 0.5) is 0 Å². The van der Waals surface area contributed by atoms with Crippen molar-refractivity contribution in [3.63, 3.8) is 0 Å². The molecule has 1 fully saturated rings. The Hall–Kier alpha value is 0.930. The second-order valence-electron chi connectivity index (χ2n) is 3.94. The number of nitrogens with zero attached hydrogens (tertiary/aromatic N) is 1. The molecule has 0 radical (unpaired) electrons. The standard InChI is InChI=1S/C8H19NO2S3/c1-14(2,8-11-13-12)7-9-3-5-10-6-4-9/h12H,3-8H2,1-2H3. The molecule has 1 heterocycles. The molecule has 3 nitrogen and oxygen atoms in total. The highest BCUT2D eigenvalue weighted by Gasteiger charge is 2.19. The van der Waals surface area contributed by atoms with Gasteiger partial charge in [-0.15, -0.1) is 0 Å². The third kappa shape index (κ3) is 5.14. The van der Waals surface area contributed by atoms with Crippen LogP contribution < -0.4 is 0 Å². The number of ether oxygens (including phenoxy) is 1. The normalized spacial score (nSPS) is 21.1. The van der Waals surface area contributed by atoms with E-state index in [1.54, 1.807) is 0 Å². The SMILES string of the molecule is CS(C)(COSS)CN1CCOCC1. The fourth-order valence-corrected chi connectivity index (χ4v) is 4.34. The largest absolute Gasteiger partial charge is 0.379 e. The summed E-state index contributed by atoms with van der Waals surface area (Å²) in [7, 11) is -0.665. The van der Waals surface area contributed by atoms with Gasteiger partial charge < -0.3 is 4.74 Å². The first-order valence-electron chi connectivity index (χ1n) is 4.56. The summed E-state index contributed by atoms with van der Waals surface area (Å²) in [5, 5.41) is 0. The maximum absolute atomic E-state index is 5.32. The molecular formula is C8H19NO2S3. The Morgan fingerprint density at radius 1 is 1.43 bits per heavy atom. The molecule has 1 aliphatic rings. The van der Waals surface area contributed by atoms with Crippen LogP contribution in [0.3, 0.4) is 0 Å². The molecule has 1 aliphatic heterocycles. The second kappa shape index (κ2) is 6.50. The minimum absolute atomic E-state index is 0.665. The fraction of sp³-hybridized carbons (Fsp3) is 1.00. The van der Waals surface area contributed by atoms with Crippen LogP contribution in [0, 0.1) is 0 Å². The van der Waals surface area contributed by atoms with Crippen molar-refractivity contribution in [2.75, 3.05) is 50.6 Å². The van der Waals surface area contributed by atoms with Crippen LogP contribution in [0.5, 0.6) is 0 Å². The van der Waals surface area contributed by atoms with E-state index in [0.717, 1.165) is 49.2 Å². The van der Waals surface area contributed by atoms with Gasteiger partial charge in [0.15, 0.2) is 0 Å². The van der Waals surface area contributed by atoms with Crippen molar-refractivity contribution in [3.8, 4) is 0 Å². The summed E-state index contributed by atoms with van der Waals surface area (Å²) in [4.78, 5) is 2.46. The lowest BCUT2D eigenvalue weighted by atomic mass is 10.5. The summed E-state index contributed by atoms with van der Waals surface area (Å²) in [5.41, 5.74) is 0. The highest BCUT2D eigenvalue weighted by Crippen LogP contribution is 2.41. The summed E-state index contributed by atoms with van der Waals surface area (Å²) in [6.45, 7) is 3.87. The van der Waals surface area contributed by atoms with Crippen molar-refractivity contribution in [2.24, 2.45) is 0 Å². The number of morpholine rings is 1. The lowest BCUT2D eigenvalue weighted by molar-refractivity contribution is 0.0469. The molecule has 6 heteroatoms. The Bertz CT molecular complexity index is 163. The molecule has 1 rings (SSSR count). The quantitative estimate of drug-likeness (QED) is 0.460. The summed E-state index contributed by atoms with van der Waals surface area (Å²) in [5.74, 6) is 1.96. The zero-order valence-electron chi connectivity index (χ0n) is 8.77. The molecule has 0 N–H and O–H groups in total. The number of rotatable bonds is 5. The van der Waals surface area contributed by atoms with Gasteiger partial charge >= 0.3 is 0 Å². The molecule has 0 bridgehead atoms. The molecule has 0 aromatic rings. The molecule has 14 heavy (non-hydrogen) atoms. The maximum Gasteiger partial charge on any atom is 0.0935 e. The van der Waals surface area contributed by atoms with Crippen LogP contribution >= 0.6 is 32.8 Å². The predicted molar refractivity (Wildman–Crippen MR) is 69.2 cm³/mol. The van der Waals surface area contributed by atoms with Crippen molar-refractivity contribution in [1.82, 2.24) is 4.90 Å². The van der Waals surface area contributed by atoms with E-state index in [1.807, 2.05) is 0 Å². The van der Waals surface area contributed by atoms with Crippen molar-refractivity contribution in [3.05, 3.63) is 0 Å². The van der Waals surface area contributed by atoms with Gasteiger partial charge in [-0.2, -0.15) is 0 Å². The third-order valence-electron chi connectivity index (χ3n) is 2.06. The molecule has 0 aromatic carbocycles. The van der Waals surface area contributed by atoms with E-state index in [2.05, 4.69) is 29.1 Å². The number of hydrogen-bond acceptors (Lipinski definition) is 5. The van der Waals surface area contributed by atoms with Gasteiger partial charge in [0.05, 0.1) is 30.2 Å². The summed E-state index contributed by atoms with van der Waals surface area (Å²) in [6, 6.07) is 0. The lowest BCUT2D eigenvalue weighted by Crippen LogP contribution is -2.38. The smallest absolute Gasteiger partial charge is 0.0935 e. The van der Waals surface area contributed by atoms with Crippen LogP contribution in [-0.2, 0) is 8.92 Å². The second-order valence-corrected chi connectivity index (χ2v) is 8.80. The molecule has 0 amide bonds. The van der Waals surface area contributed by atoms with E-state index >= 15 is 0 Å². The van der Waals surface area contributed by atoms with Crippen LogP contribution in [0.25, 0.3) is 0 Å². The van der Waals surface area contributed by atoms with Gasteiger partial charge in [-0.05, 0) is 12.5 Å². The third-order valence-corrected chi connectivity index (χ3v) is 4.56. The Morgan fingerprint density at radius 3 is 2.64 bits per heavy atom. The van der Waals surface area contributed by atoms with E-state index in [9.17, 15) is 0 Å². The Labute approximate surface area is 97.2 Å². The van der Waals surface area contributed by atoms with Gasteiger partial charge in [0.25, 0.3) is 0 Å². The van der Waals surface area contributed by atoms with Gasteiger partial charge in [-0.1, -0.05) is 11.7 Å². The van der Waals surface area contributed by atoms with E-state index in [-0.39, 0.29) is 0 Å². The number of thiol groups is 1. The summed E-state index contributed by atoms with van der Waals surface area (Å²) in [6.07, 6.45) is 4.60. The molecule has 86 valence electrons. The summed E-state index contributed by atoms with van der Waals surface area (Å²) < 4.78 is 10.6. The minimum atomic E-state index is -0.665. The molecule has 0 atom stereocenters. The average molecular weight is 257 g/mol. The number of hydrogen-bond donors (Lipinski definition) is 1. The van der Waals surface area contributed by atoms with Gasteiger partial charge in [0.1, 0.15) is 0 Å². The Kier molecular flexibility index (Phi) is 6.03. The zero-order chi connectivity index (χ0) is 10.4. The molecule has 0 aliphatic carbocycles. The molecule has 0 spiro atoms. The minimum Gasteiger partial charge on any atom is -0.379 e. The monoisotopic (exact) mass is 257 g/mol. The Morgan fingerprint density at radius 2 is 2.07 bits per heavy atom. The maximum atomic E-state index is 5.32. The van der Waals surface area contributed by atoms with E-state index < -0.39 is 10.0 Å². The zero-order valence-corrected chi connectivity index (χ0v) is 11.3. The first-order valence-corrected chi connectivity index (χ1v) is 9.14. The van der Waals surface area contributed by atoms with Crippen LogP contribution in [0.1, 0.15) is 0 Å². The molecule has 1 saturated heterocycles. The van der Waals surface area contributed by atoms with Crippen molar-refractivity contribution in [1.29, 1.82) is 0 Å². The topological polar surface area (TPSA) is 21.7 Å². The van der Waals surface area contributed by atoms with Gasteiger partial charge in [0.2, 0.25) is 0 Å². The van der Waals surface area contributed by atoms with E-state index in [0.29, 0.717) is 0 Å².